The molecule has 3 nitrogen and oxygen atoms in total. The fourth-order valence-corrected chi connectivity index (χ4v) is 6.98. The van der Waals surface area contributed by atoms with E-state index in [4.69, 9.17) is 6.85 Å². The normalized spacial score (nSPS) is 14.0. The highest BCUT2D eigenvalue weighted by Gasteiger charge is 2.21. The Morgan fingerprint density at radius 2 is 1.22 bits per heavy atom. The molecule has 0 amide bonds. The largest absolute Gasteiger partial charge is 0.309 e. The predicted molar refractivity (Wildman–Crippen MR) is 193 cm³/mol. The molecular weight excluding hydrogens is 558 g/mol. The molecule has 0 N–H and O–H groups in total. The van der Waals surface area contributed by atoms with Crippen molar-refractivity contribution in [1.82, 2.24) is 14.1 Å². The molecule has 0 radical (unpaired) electrons. The maximum Gasteiger partial charge on any atom is 0.0702 e. The number of para-hydroxylation sites is 1. The average molecular weight is 593 g/mol. The smallest absolute Gasteiger partial charge is 0.0702 e. The Balaban J connectivity index is 1.39. The van der Waals surface area contributed by atoms with Crippen LogP contribution in [-0.4, -0.2) is 14.1 Å². The van der Waals surface area contributed by atoms with Crippen LogP contribution in [0.4, 0.5) is 0 Å². The van der Waals surface area contributed by atoms with Crippen LogP contribution in [0.3, 0.4) is 0 Å². The van der Waals surface area contributed by atoms with Crippen molar-refractivity contribution >= 4 is 65.2 Å². The van der Waals surface area contributed by atoms with Gasteiger partial charge in [0.1, 0.15) is 0 Å². The minimum Gasteiger partial charge on any atom is -0.309 e. The van der Waals surface area contributed by atoms with E-state index in [0.717, 1.165) is 60.3 Å². The van der Waals surface area contributed by atoms with Gasteiger partial charge in [0.25, 0.3) is 0 Å². The van der Waals surface area contributed by atoms with Crippen LogP contribution in [0.25, 0.3) is 87.8 Å². The maximum absolute atomic E-state index is 9.51. The van der Waals surface area contributed by atoms with Crippen molar-refractivity contribution in [2.24, 2.45) is 0 Å². The van der Waals surface area contributed by atoms with Gasteiger partial charge in [-0.3, -0.25) is 4.98 Å². The fourth-order valence-electron chi connectivity index (χ4n) is 6.98. The molecule has 7 aromatic carbocycles. The predicted octanol–water partition coefficient (Wildman–Crippen LogP) is 11.2. The van der Waals surface area contributed by atoms with Gasteiger partial charge >= 0.3 is 0 Å². The van der Waals surface area contributed by atoms with Crippen molar-refractivity contribution < 1.29 is 9.60 Å². The van der Waals surface area contributed by atoms with Crippen molar-refractivity contribution in [3.8, 4) is 22.6 Å². The first-order chi connectivity index (χ1) is 25.7. The van der Waals surface area contributed by atoms with Crippen molar-refractivity contribution in [2.75, 3.05) is 0 Å². The molecule has 0 atom stereocenters. The Hall–Kier alpha value is -6.19. The zero-order valence-corrected chi connectivity index (χ0v) is 24.4. The number of rotatable bonds is 3. The summed E-state index contributed by atoms with van der Waals surface area (Å²) in [6, 6.07) is 36.1. The first-order valence-electron chi connectivity index (χ1n) is 18.7. The van der Waals surface area contributed by atoms with Crippen molar-refractivity contribution in [3.05, 3.63) is 164 Å². The minimum atomic E-state index is -0.496. The number of aromatic nitrogens is 3. The van der Waals surface area contributed by atoms with Crippen LogP contribution >= 0.6 is 0 Å². The summed E-state index contributed by atoms with van der Waals surface area (Å²) in [5.74, 6) is 0. The van der Waals surface area contributed by atoms with Gasteiger partial charge in [0.15, 0.2) is 0 Å². The Bertz CT molecular complexity index is 3200. The number of benzene rings is 7. The average Bonchev–Trinajstić information content (AvgIpc) is 3.70. The highest BCUT2D eigenvalue weighted by molar-refractivity contribution is 6.29. The van der Waals surface area contributed by atoms with Crippen LogP contribution in [0.1, 0.15) is 9.60 Å². The fraction of sp³-hybridized carbons (Fsp3) is 0. The highest BCUT2D eigenvalue weighted by Crippen LogP contribution is 2.43. The van der Waals surface area contributed by atoms with Gasteiger partial charge in [-0.15, -0.1) is 0 Å². The quantitative estimate of drug-likeness (QED) is 0.200. The molecule has 0 saturated carbocycles. The number of hydrogen-bond acceptors (Lipinski definition) is 1. The summed E-state index contributed by atoms with van der Waals surface area (Å²) in [5, 5.41) is 5.85. The molecule has 3 heteroatoms. The van der Waals surface area contributed by atoms with Gasteiger partial charge in [0, 0.05) is 44.7 Å². The Morgan fingerprint density at radius 1 is 0.478 bits per heavy atom. The molecule has 10 aromatic rings. The van der Waals surface area contributed by atoms with Crippen molar-refractivity contribution in [2.45, 2.75) is 0 Å². The molecule has 0 aliphatic carbocycles. The van der Waals surface area contributed by atoms with E-state index < -0.39 is 24.2 Å². The second kappa shape index (κ2) is 9.65. The van der Waals surface area contributed by atoms with E-state index in [9.17, 15) is 2.74 Å². The summed E-state index contributed by atoms with van der Waals surface area (Å²) in [6.45, 7) is 0. The molecule has 0 fully saturated rings. The van der Waals surface area contributed by atoms with Gasteiger partial charge in [0.2, 0.25) is 0 Å². The Labute approximate surface area is 275 Å². The van der Waals surface area contributed by atoms with Gasteiger partial charge in [-0.2, -0.15) is 0 Å². The lowest BCUT2D eigenvalue weighted by Gasteiger charge is -2.11. The first-order valence-corrected chi connectivity index (χ1v) is 15.2. The Morgan fingerprint density at radius 3 is 2.07 bits per heavy atom. The van der Waals surface area contributed by atoms with E-state index in [1.807, 2.05) is 71.3 Å². The summed E-state index contributed by atoms with van der Waals surface area (Å²) in [5.41, 5.74) is 6.04. The summed E-state index contributed by atoms with van der Waals surface area (Å²) in [7, 11) is 0. The molecule has 0 aliphatic heterocycles. The molecule has 46 heavy (non-hydrogen) atoms. The van der Waals surface area contributed by atoms with Gasteiger partial charge in [0.05, 0.1) is 37.4 Å². The van der Waals surface area contributed by atoms with Gasteiger partial charge < -0.3 is 9.13 Å². The lowest BCUT2D eigenvalue weighted by atomic mass is 10.0. The van der Waals surface area contributed by atoms with E-state index in [2.05, 4.69) is 58.1 Å². The Kier molecular flexibility index (Phi) is 4.04. The monoisotopic (exact) mass is 592 g/mol. The number of fused-ring (bicyclic) bond motifs is 9. The van der Waals surface area contributed by atoms with Crippen molar-refractivity contribution in [3.63, 3.8) is 0 Å². The minimum absolute atomic E-state index is 0.0725. The second-order valence-electron chi connectivity index (χ2n) is 11.5. The van der Waals surface area contributed by atoms with E-state index >= 15 is 0 Å². The third kappa shape index (κ3) is 3.63. The molecular formula is C43H27N3. The van der Waals surface area contributed by atoms with E-state index in [1.54, 1.807) is 6.20 Å². The molecule has 214 valence electrons. The topological polar surface area (TPSA) is 22.8 Å². The first kappa shape index (κ1) is 19.3. The number of hydrogen-bond donors (Lipinski definition) is 0. The highest BCUT2D eigenvalue weighted by atomic mass is 15.0. The van der Waals surface area contributed by atoms with Crippen LogP contribution in [0.2, 0.25) is 0 Å². The standard InChI is InChI=1S/C43H27N3/c1-3-11-30-25-33(19-16-28(30)9-1)45-38-15-6-5-13-35(38)42-39(45)22-23-40-43(42)36-21-18-32(37-14-7-8-24-44-37)27-41(36)46(40)34-20-17-29-10-2-4-12-31(29)26-34/h1-27H/i2D,4D,10D,12D,17D,20D,26D. The third-order valence-corrected chi connectivity index (χ3v) is 8.98. The molecule has 3 aromatic heterocycles. The summed E-state index contributed by atoms with van der Waals surface area (Å²) >= 11 is 0. The number of nitrogens with zero attached hydrogens (tertiary/aromatic N) is 3. The maximum atomic E-state index is 9.51. The summed E-state index contributed by atoms with van der Waals surface area (Å²) in [6.07, 6.45) is 1.73. The van der Waals surface area contributed by atoms with Crippen LogP contribution in [0, 0.1) is 0 Å². The summed E-state index contributed by atoms with van der Waals surface area (Å²) in [4.78, 5) is 4.59. The number of pyridine rings is 1. The molecule has 0 unspecified atom stereocenters. The van der Waals surface area contributed by atoms with Crippen LogP contribution in [0.5, 0.6) is 0 Å². The molecule has 10 rings (SSSR count). The van der Waals surface area contributed by atoms with E-state index in [0.29, 0.717) is 11.0 Å². The lowest BCUT2D eigenvalue weighted by molar-refractivity contribution is 1.18. The van der Waals surface area contributed by atoms with E-state index in [1.165, 1.54) is 0 Å². The van der Waals surface area contributed by atoms with Crippen molar-refractivity contribution in [1.29, 1.82) is 0 Å². The van der Waals surface area contributed by atoms with E-state index in [-0.39, 0.29) is 34.6 Å². The molecule has 0 bridgehead atoms. The third-order valence-electron chi connectivity index (χ3n) is 8.98. The van der Waals surface area contributed by atoms with Gasteiger partial charge in [-0.1, -0.05) is 96.9 Å². The zero-order valence-electron chi connectivity index (χ0n) is 31.4. The van der Waals surface area contributed by atoms with Crippen LogP contribution in [0.15, 0.2) is 164 Å². The van der Waals surface area contributed by atoms with Gasteiger partial charge in [-0.25, -0.2) is 0 Å². The zero-order chi connectivity index (χ0) is 36.3. The second-order valence-corrected chi connectivity index (χ2v) is 11.5. The molecule has 0 spiro atoms. The lowest BCUT2D eigenvalue weighted by Crippen LogP contribution is -1.95. The molecule has 3 heterocycles. The van der Waals surface area contributed by atoms with Crippen LogP contribution in [-0.2, 0) is 0 Å². The van der Waals surface area contributed by atoms with Gasteiger partial charge in [-0.05, 0) is 82.2 Å². The molecule has 0 saturated heterocycles. The summed E-state index contributed by atoms with van der Waals surface area (Å²) < 4.78 is 66.0. The SMILES string of the molecule is [2H]c1c([2H])c([2H])c2c([2H])c(-n3c4cc(-c5ccccn5)ccc4c4c5c6ccccc6n(-c6ccc7ccccc7c6)c5ccc43)c([2H])c([2H])c2c1[2H]. The van der Waals surface area contributed by atoms with Crippen LogP contribution < -0.4 is 0 Å². The molecule has 0 aliphatic rings.